The van der Waals surface area contributed by atoms with Gasteiger partial charge >= 0.3 is 23.8 Å². The van der Waals surface area contributed by atoms with Crippen LogP contribution in [0.2, 0.25) is 0 Å². The van der Waals surface area contributed by atoms with Crippen molar-refractivity contribution in [1.82, 2.24) is 19.1 Å². The molecule has 1 saturated heterocycles. The number of rotatable bonds is 7. The van der Waals surface area contributed by atoms with Crippen molar-refractivity contribution in [1.29, 1.82) is 0 Å². The lowest BCUT2D eigenvalue weighted by molar-refractivity contribution is -0.158. The molecule has 1 aliphatic heterocycles. The minimum atomic E-state index is -4.77. The molecule has 15 heteroatoms. The Bertz CT molecular complexity index is 1150. The van der Waals surface area contributed by atoms with Crippen molar-refractivity contribution in [2.24, 2.45) is 0 Å². The number of ether oxygens (including phenoxy) is 4. The number of nitrogens with two attached hydrogens (primary N) is 1. The molecule has 0 saturated carbocycles. The molecule has 3 rings (SSSR count). The molecule has 0 bridgehead atoms. The summed E-state index contributed by atoms with van der Waals surface area (Å²) in [5, 5.41) is 0. The summed E-state index contributed by atoms with van der Waals surface area (Å²) in [6.07, 6.45) is -8.50. The van der Waals surface area contributed by atoms with E-state index >= 15 is 0 Å². The molecule has 0 spiro atoms. The molecular weight excluding hydrogens is 467 g/mol. The van der Waals surface area contributed by atoms with Crippen molar-refractivity contribution in [3.05, 3.63) is 10.5 Å². The summed E-state index contributed by atoms with van der Waals surface area (Å²) < 4.78 is 62.7. The molecule has 0 amide bonds. The fraction of sp³-hybridized carbons (Fsp3) is 0.632. The molecule has 3 heterocycles. The van der Waals surface area contributed by atoms with Crippen LogP contribution in [0.3, 0.4) is 0 Å². The Morgan fingerprint density at radius 2 is 1.94 bits per heavy atom. The molecule has 2 aromatic rings. The third-order valence-corrected chi connectivity index (χ3v) is 5.12. The van der Waals surface area contributed by atoms with Gasteiger partial charge in [-0.3, -0.25) is 14.2 Å². The van der Waals surface area contributed by atoms with Crippen LogP contribution in [0.15, 0.2) is 4.79 Å². The lowest BCUT2D eigenvalue weighted by Gasteiger charge is -2.22. The highest BCUT2D eigenvalue weighted by Gasteiger charge is 2.45. The number of nitrogens with zero attached hydrogens (tertiary/aromatic N) is 4. The molecule has 12 nitrogen and oxygen atoms in total. The van der Waals surface area contributed by atoms with Gasteiger partial charge in [0, 0.05) is 20.3 Å². The summed E-state index contributed by atoms with van der Waals surface area (Å²) in [7, 11) is 1.15. The van der Waals surface area contributed by atoms with E-state index in [-0.39, 0.29) is 29.4 Å². The van der Waals surface area contributed by atoms with Crippen LogP contribution >= 0.6 is 0 Å². The average molecular weight is 491 g/mol. The number of esters is 2. The number of hydrogen-bond acceptors (Lipinski definition) is 10. The third-order valence-electron chi connectivity index (χ3n) is 5.12. The zero-order chi connectivity index (χ0) is 25.4. The van der Waals surface area contributed by atoms with Gasteiger partial charge in [-0.15, -0.1) is 0 Å². The van der Waals surface area contributed by atoms with E-state index in [1.807, 2.05) is 0 Å². The molecule has 0 aliphatic carbocycles. The van der Waals surface area contributed by atoms with E-state index < -0.39 is 54.9 Å². The number of halogens is 3. The first-order valence-corrected chi connectivity index (χ1v) is 10.2. The van der Waals surface area contributed by atoms with Gasteiger partial charge < -0.3 is 24.7 Å². The van der Waals surface area contributed by atoms with E-state index in [1.165, 1.54) is 6.92 Å². The van der Waals surface area contributed by atoms with Gasteiger partial charge in [0.1, 0.15) is 24.9 Å². The van der Waals surface area contributed by atoms with Crippen LogP contribution in [-0.2, 0) is 30.3 Å². The van der Waals surface area contributed by atoms with Gasteiger partial charge in [0.05, 0.1) is 7.11 Å². The molecule has 1 fully saturated rings. The maximum atomic E-state index is 13.3. The summed E-state index contributed by atoms with van der Waals surface area (Å²) in [6.45, 7) is 2.40. The highest BCUT2D eigenvalue weighted by atomic mass is 19.4. The first-order valence-electron chi connectivity index (χ1n) is 10.2. The molecule has 1 unspecified atom stereocenters. The monoisotopic (exact) mass is 491 g/mol. The number of fused-ring (bicyclic) bond motifs is 1. The van der Waals surface area contributed by atoms with E-state index in [0.29, 0.717) is 11.0 Å². The number of anilines is 1. The minimum Gasteiger partial charge on any atom is -0.479 e. The second-order valence-corrected chi connectivity index (χ2v) is 7.62. The Balaban J connectivity index is 2.21. The number of alkyl halides is 3. The lowest BCUT2D eigenvalue weighted by atomic mass is 10.1. The number of nitrogen functional groups attached to an aromatic ring is 1. The molecule has 2 aromatic heterocycles. The third kappa shape index (κ3) is 5.08. The molecular formula is C19H24F3N5O7. The first kappa shape index (κ1) is 25.3. The maximum Gasteiger partial charge on any atom is 0.406 e. The van der Waals surface area contributed by atoms with Crippen LogP contribution in [-0.4, -0.2) is 62.6 Å². The standard InChI is InChI=1S/C19H24F3N5O7/c1-5-10(32-8(2)28)11-6-12(33-9(3)29)16(34-11)27-14-13(15(31-4)25-17(23)24-14)26(18(27)30)7-19(20,21)22/h10-12,16H,5-7H2,1-4H3,(H2,23,24,25)/t10?,11-,12+,16+/m0/s1. The summed E-state index contributed by atoms with van der Waals surface area (Å²) in [5.74, 6) is -2.01. The van der Waals surface area contributed by atoms with E-state index in [9.17, 15) is 27.6 Å². The molecule has 0 aromatic carbocycles. The topological polar surface area (TPSA) is 150 Å². The second kappa shape index (κ2) is 9.48. The Labute approximate surface area is 190 Å². The van der Waals surface area contributed by atoms with Gasteiger partial charge in [0.2, 0.25) is 11.8 Å². The van der Waals surface area contributed by atoms with Crippen LogP contribution in [0.4, 0.5) is 19.1 Å². The fourth-order valence-corrected chi connectivity index (χ4v) is 3.95. The second-order valence-electron chi connectivity index (χ2n) is 7.62. The molecule has 1 aliphatic rings. The number of aromatic nitrogens is 4. The fourth-order valence-electron chi connectivity index (χ4n) is 3.95. The first-order chi connectivity index (χ1) is 15.9. The van der Waals surface area contributed by atoms with Gasteiger partial charge in [0.25, 0.3) is 0 Å². The quantitative estimate of drug-likeness (QED) is 0.562. The van der Waals surface area contributed by atoms with Crippen molar-refractivity contribution in [3.63, 3.8) is 0 Å². The number of imidazole rings is 1. The van der Waals surface area contributed by atoms with Crippen molar-refractivity contribution in [2.75, 3.05) is 12.8 Å². The number of methoxy groups -OCH3 is 1. The maximum absolute atomic E-state index is 13.3. The zero-order valence-electron chi connectivity index (χ0n) is 18.8. The minimum absolute atomic E-state index is 0.00607. The van der Waals surface area contributed by atoms with Crippen molar-refractivity contribution in [3.8, 4) is 5.88 Å². The van der Waals surface area contributed by atoms with Crippen molar-refractivity contribution >= 4 is 29.1 Å². The lowest BCUT2D eigenvalue weighted by Crippen LogP contribution is -2.35. The smallest absolute Gasteiger partial charge is 0.406 e. The predicted molar refractivity (Wildman–Crippen MR) is 109 cm³/mol. The van der Waals surface area contributed by atoms with E-state index in [4.69, 9.17) is 24.7 Å². The van der Waals surface area contributed by atoms with Crippen LogP contribution in [0.5, 0.6) is 5.88 Å². The zero-order valence-corrected chi connectivity index (χ0v) is 18.8. The molecule has 2 N–H and O–H groups in total. The summed E-state index contributed by atoms with van der Waals surface area (Å²) in [6, 6.07) is 0. The Morgan fingerprint density at radius 1 is 1.26 bits per heavy atom. The normalized spacial score (nSPS) is 21.4. The average Bonchev–Trinajstić information content (AvgIpc) is 3.22. The highest BCUT2D eigenvalue weighted by molar-refractivity contribution is 5.78. The van der Waals surface area contributed by atoms with Gasteiger partial charge in [-0.1, -0.05) is 6.92 Å². The largest absolute Gasteiger partial charge is 0.479 e. The Kier molecular flexibility index (Phi) is 7.05. The number of hydrogen-bond donors (Lipinski definition) is 1. The van der Waals surface area contributed by atoms with Crippen LogP contribution in [0, 0.1) is 0 Å². The molecule has 4 atom stereocenters. The van der Waals surface area contributed by atoms with Crippen LogP contribution in [0.25, 0.3) is 11.2 Å². The predicted octanol–water partition coefficient (Wildman–Crippen LogP) is 1.31. The van der Waals surface area contributed by atoms with Crippen molar-refractivity contribution < 1.29 is 41.7 Å². The molecule has 188 valence electrons. The summed E-state index contributed by atoms with van der Waals surface area (Å²) in [4.78, 5) is 44.2. The summed E-state index contributed by atoms with van der Waals surface area (Å²) >= 11 is 0. The number of carbonyl (C=O) groups excluding carboxylic acids is 2. The Hall–Kier alpha value is -3.36. The molecule has 34 heavy (non-hydrogen) atoms. The van der Waals surface area contributed by atoms with Crippen molar-refractivity contribution in [2.45, 2.75) is 70.9 Å². The van der Waals surface area contributed by atoms with E-state index in [2.05, 4.69) is 9.97 Å². The van der Waals surface area contributed by atoms with E-state index in [0.717, 1.165) is 18.6 Å². The SMILES string of the molecule is CCC(OC(C)=O)[C@@H]1C[C@@H](OC(C)=O)[C@H](n2c(=O)n(CC(F)(F)F)c3c(OC)nc(N)nc32)O1. The van der Waals surface area contributed by atoms with Crippen LogP contribution in [0.1, 0.15) is 39.8 Å². The van der Waals surface area contributed by atoms with Gasteiger partial charge in [-0.05, 0) is 6.42 Å². The summed E-state index contributed by atoms with van der Waals surface area (Å²) in [5.41, 5.74) is 3.87. The van der Waals surface area contributed by atoms with Crippen LogP contribution < -0.4 is 16.2 Å². The van der Waals surface area contributed by atoms with Gasteiger partial charge in [-0.2, -0.15) is 23.1 Å². The van der Waals surface area contributed by atoms with Gasteiger partial charge in [-0.25, -0.2) is 9.36 Å². The highest BCUT2D eigenvalue weighted by Crippen LogP contribution is 2.37. The molecule has 0 radical (unpaired) electrons. The van der Waals surface area contributed by atoms with Gasteiger partial charge in [0.15, 0.2) is 17.4 Å². The Morgan fingerprint density at radius 3 is 2.47 bits per heavy atom. The van der Waals surface area contributed by atoms with E-state index in [1.54, 1.807) is 6.92 Å². The number of carbonyl (C=O) groups is 2.